The fraction of sp³-hybridized carbons (Fsp3) is 0.280. The highest BCUT2D eigenvalue weighted by Crippen LogP contribution is 2.32. The molecule has 1 amide bonds. The molecule has 184 valence electrons. The van der Waals surface area contributed by atoms with E-state index in [0.717, 1.165) is 4.68 Å². The molecule has 0 aliphatic rings. The van der Waals surface area contributed by atoms with Crippen molar-refractivity contribution < 1.29 is 23.1 Å². The van der Waals surface area contributed by atoms with Crippen LogP contribution in [0.1, 0.15) is 30.6 Å². The van der Waals surface area contributed by atoms with Gasteiger partial charge in [-0.1, -0.05) is 67.6 Å². The van der Waals surface area contributed by atoms with Gasteiger partial charge in [-0.2, -0.15) is 5.10 Å². The van der Waals surface area contributed by atoms with Crippen LogP contribution in [0.5, 0.6) is 0 Å². The van der Waals surface area contributed by atoms with Crippen LogP contribution in [0.2, 0.25) is 0 Å². The highest BCUT2D eigenvalue weighted by atomic mass is 32.2. The van der Waals surface area contributed by atoms with E-state index in [1.165, 1.54) is 6.92 Å². The van der Waals surface area contributed by atoms with Crippen LogP contribution in [0, 0.1) is 0 Å². The molecule has 1 unspecified atom stereocenters. The minimum atomic E-state index is -3.45. The minimum Gasteiger partial charge on any atom is -0.480 e. The molecular formula is C25H27N3O6S. The number of nitrogens with zero attached hydrogens (tertiary/aromatic N) is 2. The van der Waals surface area contributed by atoms with Gasteiger partial charge in [0.25, 0.3) is 11.5 Å². The zero-order valence-corrected chi connectivity index (χ0v) is 20.3. The predicted molar refractivity (Wildman–Crippen MR) is 133 cm³/mol. The van der Waals surface area contributed by atoms with E-state index in [4.69, 9.17) is 0 Å². The largest absolute Gasteiger partial charge is 0.480 e. The average molecular weight is 498 g/mol. The van der Waals surface area contributed by atoms with Crippen molar-refractivity contribution >= 4 is 21.7 Å². The average Bonchev–Trinajstić information content (AvgIpc) is 2.86. The lowest BCUT2D eigenvalue weighted by atomic mass is 9.95. The second-order valence-electron chi connectivity index (χ2n) is 7.84. The van der Waals surface area contributed by atoms with Crippen LogP contribution in [-0.2, 0) is 21.2 Å². The van der Waals surface area contributed by atoms with Gasteiger partial charge in [0, 0.05) is 23.4 Å². The monoisotopic (exact) mass is 497 g/mol. The number of aromatic nitrogens is 2. The van der Waals surface area contributed by atoms with Crippen LogP contribution in [0.3, 0.4) is 0 Å². The molecule has 3 rings (SSSR count). The summed E-state index contributed by atoms with van der Waals surface area (Å²) < 4.78 is 24.9. The molecule has 0 fully saturated rings. The summed E-state index contributed by atoms with van der Waals surface area (Å²) >= 11 is 0. The third-order valence-electron chi connectivity index (χ3n) is 5.55. The number of aliphatic carboxylic acids is 1. The van der Waals surface area contributed by atoms with E-state index in [-0.39, 0.29) is 29.8 Å². The maximum Gasteiger partial charge on any atom is 0.326 e. The maximum atomic E-state index is 13.5. The van der Waals surface area contributed by atoms with Crippen molar-refractivity contribution in [2.45, 2.75) is 32.9 Å². The lowest BCUT2D eigenvalue weighted by Gasteiger charge is -2.19. The van der Waals surface area contributed by atoms with E-state index in [2.05, 4.69) is 10.4 Å². The Bertz CT molecular complexity index is 1370. The normalized spacial score (nSPS) is 12.2. The predicted octanol–water partition coefficient (Wildman–Crippen LogP) is 2.61. The second kappa shape index (κ2) is 11.1. The lowest BCUT2D eigenvalue weighted by molar-refractivity contribution is -0.139. The van der Waals surface area contributed by atoms with Crippen molar-refractivity contribution in [3.63, 3.8) is 0 Å². The number of hydrogen-bond acceptors (Lipinski definition) is 6. The Balaban J connectivity index is 2.18. The second-order valence-corrected chi connectivity index (χ2v) is 10.3. The zero-order valence-electron chi connectivity index (χ0n) is 19.5. The number of carbonyl (C=O) groups is 2. The van der Waals surface area contributed by atoms with Crippen LogP contribution in [0.25, 0.3) is 22.4 Å². The number of benzene rings is 2. The van der Waals surface area contributed by atoms with Gasteiger partial charge in [-0.25, -0.2) is 17.9 Å². The molecule has 0 bridgehead atoms. The van der Waals surface area contributed by atoms with Crippen molar-refractivity contribution in [3.8, 4) is 22.4 Å². The van der Waals surface area contributed by atoms with E-state index in [9.17, 15) is 27.9 Å². The molecule has 0 spiro atoms. The van der Waals surface area contributed by atoms with Crippen molar-refractivity contribution in [2.24, 2.45) is 0 Å². The van der Waals surface area contributed by atoms with E-state index < -0.39 is 39.1 Å². The Morgan fingerprint density at radius 2 is 1.57 bits per heavy atom. The Morgan fingerprint density at radius 1 is 1.00 bits per heavy atom. The number of carbonyl (C=O) groups excluding carboxylic acids is 1. The maximum absolute atomic E-state index is 13.5. The summed E-state index contributed by atoms with van der Waals surface area (Å²) in [5, 5.41) is 16.5. The van der Waals surface area contributed by atoms with E-state index >= 15 is 0 Å². The Morgan fingerprint density at radius 3 is 2.09 bits per heavy atom. The van der Waals surface area contributed by atoms with Crippen molar-refractivity contribution in [1.82, 2.24) is 15.1 Å². The number of carboxylic acid groups (broad SMARTS) is 1. The SMILES string of the molecule is CCn1nc(-c2ccccc2)c(-c2ccccc2)c(C(=O)NC(CCS(=O)(=O)CC)C(=O)O)c1=O. The number of amides is 1. The first kappa shape index (κ1) is 25.8. The number of aryl methyl sites for hydroxylation is 1. The topological polar surface area (TPSA) is 135 Å². The third kappa shape index (κ3) is 6.02. The van der Waals surface area contributed by atoms with E-state index in [1.807, 2.05) is 18.2 Å². The summed E-state index contributed by atoms with van der Waals surface area (Å²) in [6, 6.07) is 16.3. The van der Waals surface area contributed by atoms with Crippen LogP contribution in [0.15, 0.2) is 65.5 Å². The smallest absolute Gasteiger partial charge is 0.326 e. The first-order valence-corrected chi connectivity index (χ1v) is 13.0. The van der Waals surface area contributed by atoms with Gasteiger partial charge in [-0.05, 0) is 18.9 Å². The fourth-order valence-corrected chi connectivity index (χ4v) is 4.49. The van der Waals surface area contributed by atoms with Gasteiger partial charge in [-0.3, -0.25) is 9.59 Å². The Kier molecular flexibility index (Phi) is 8.18. The van der Waals surface area contributed by atoms with E-state index in [0.29, 0.717) is 16.8 Å². The first-order valence-electron chi connectivity index (χ1n) is 11.2. The lowest BCUT2D eigenvalue weighted by Crippen LogP contribution is -2.44. The van der Waals surface area contributed by atoms with Crippen molar-refractivity contribution in [2.75, 3.05) is 11.5 Å². The van der Waals surface area contributed by atoms with Crippen LogP contribution in [-0.4, -0.2) is 52.7 Å². The molecule has 1 atom stereocenters. The molecule has 1 aromatic heterocycles. The fourth-order valence-electron chi connectivity index (χ4n) is 3.61. The van der Waals surface area contributed by atoms with Gasteiger partial charge in [0.2, 0.25) is 0 Å². The first-order chi connectivity index (χ1) is 16.7. The Hall–Kier alpha value is -3.79. The number of nitrogens with one attached hydrogen (secondary N) is 1. The van der Waals surface area contributed by atoms with Gasteiger partial charge < -0.3 is 10.4 Å². The van der Waals surface area contributed by atoms with E-state index in [1.54, 1.807) is 49.4 Å². The number of hydrogen-bond donors (Lipinski definition) is 2. The molecule has 2 N–H and O–H groups in total. The summed E-state index contributed by atoms with van der Waals surface area (Å²) in [5.74, 6) is -2.84. The summed E-state index contributed by atoms with van der Waals surface area (Å²) in [6.45, 7) is 3.36. The summed E-state index contributed by atoms with van der Waals surface area (Å²) in [6.07, 6.45) is -0.323. The van der Waals surface area contributed by atoms with Crippen LogP contribution in [0.4, 0.5) is 0 Å². The molecule has 1 heterocycles. The third-order valence-corrected chi connectivity index (χ3v) is 7.29. The molecule has 0 radical (unpaired) electrons. The number of sulfone groups is 1. The zero-order chi connectivity index (χ0) is 25.6. The molecule has 10 heteroatoms. The molecule has 3 aromatic rings. The molecule has 0 aliphatic heterocycles. The van der Waals surface area contributed by atoms with Crippen LogP contribution >= 0.6 is 0 Å². The Labute approximate surface area is 203 Å². The van der Waals surface area contributed by atoms with Crippen LogP contribution < -0.4 is 10.9 Å². The summed E-state index contributed by atoms with van der Waals surface area (Å²) in [5.41, 5.74) is 0.972. The van der Waals surface area contributed by atoms with Gasteiger partial charge >= 0.3 is 5.97 Å². The standard InChI is InChI=1S/C25H27N3O6S/c1-3-28-24(30)21(23(29)26-19(25(31)32)15-16-35(33,34)4-2)20(17-11-7-5-8-12-17)22(27-28)18-13-9-6-10-14-18/h5-14,19H,3-4,15-16H2,1-2H3,(H,26,29)(H,31,32). The van der Waals surface area contributed by atoms with Crippen molar-refractivity contribution in [1.29, 1.82) is 0 Å². The highest BCUT2D eigenvalue weighted by molar-refractivity contribution is 7.91. The molecule has 0 saturated carbocycles. The van der Waals surface area contributed by atoms with Gasteiger partial charge in [0.05, 0.1) is 11.4 Å². The summed E-state index contributed by atoms with van der Waals surface area (Å²) in [7, 11) is -3.45. The molecule has 0 aliphatic carbocycles. The molecule has 0 saturated heterocycles. The number of rotatable bonds is 10. The molecule has 35 heavy (non-hydrogen) atoms. The molecular weight excluding hydrogens is 470 g/mol. The molecule has 2 aromatic carbocycles. The highest BCUT2D eigenvalue weighted by Gasteiger charge is 2.29. The minimum absolute atomic E-state index is 0.141. The van der Waals surface area contributed by atoms with Crippen molar-refractivity contribution in [3.05, 3.63) is 76.6 Å². The molecule has 9 nitrogen and oxygen atoms in total. The quantitative estimate of drug-likeness (QED) is 0.439. The van der Waals surface area contributed by atoms with Gasteiger partial charge in [0.1, 0.15) is 21.4 Å². The number of carboxylic acids is 1. The summed E-state index contributed by atoms with van der Waals surface area (Å²) in [4.78, 5) is 38.6. The van der Waals surface area contributed by atoms with Gasteiger partial charge in [0.15, 0.2) is 0 Å². The van der Waals surface area contributed by atoms with Gasteiger partial charge in [-0.15, -0.1) is 0 Å².